The molecule has 1 fully saturated rings. The predicted molar refractivity (Wildman–Crippen MR) is 53.6 cm³/mol. The largest absolute Gasteiger partial charge is 0.396 e. The van der Waals surface area contributed by atoms with Crippen LogP contribution < -0.4 is 0 Å². The smallest absolute Gasteiger partial charge is 0.118 e. The molecule has 2 N–H and O–H groups in total. The summed E-state index contributed by atoms with van der Waals surface area (Å²) < 4.78 is 5.49. The van der Waals surface area contributed by atoms with Gasteiger partial charge in [-0.2, -0.15) is 0 Å². The highest BCUT2D eigenvalue weighted by molar-refractivity contribution is 4.80. The van der Waals surface area contributed by atoms with Gasteiger partial charge in [0.15, 0.2) is 0 Å². The van der Waals surface area contributed by atoms with Gasteiger partial charge in [0, 0.05) is 13.2 Å². The summed E-state index contributed by atoms with van der Waals surface area (Å²) in [6.45, 7) is 7.36. The molecular weight excluding hydrogens is 182 g/mol. The van der Waals surface area contributed by atoms with E-state index in [0.29, 0.717) is 13.0 Å². The summed E-state index contributed by atoms with van der Waals surface area (Å²) in [5.41, 5.74) is -0.380. The Morgan fingerprint density at radius 1 is 1.50 bits per heavy atom. The zero-order valence-electron chi connectivity index (χ0n) is 9.23. The Morgan fingerprint density at radius 2 is 2.14 bits per heavy atom. The Hall–Kier alpha value is -0.160. The fourth-order valence-corrected chi connectivity index (χ4v) is 1.82. The SMILES string of the molecule is CC(CO)CC(O)N1CCOC1(C)C. The van der Waals surface area contributed by atoms with E-state index in [2.05, 4.69) is 0 Å². The minimum Gasteiger partial charge on any atom is -0.396 e. The molecule has 14 heavy (non-hydrogen) atoms. The summed E-state index contributed by atoms with van der Waals surface area (Å²) in [4.78, 5) is 1.93. The maximum Gasteiger partial charge on any atom is 0.118 e. The van der Waals surface area contributed by atoms with Gasteiger partial charge >= 0.3 is 0 Å². The molecule has 84 valence electrons. The van der Waals surface area contributed by atoms with Crippen molar-refractivity contribution >= 4 is 0 Å². The Bertz CT molecular complexity index is 184. The van der Waals surface area contributed by atoms with Gasteiger partial charge in [0.2, 0.25) is 0 Å². The first kappa shape index (κ1) is 11.9. The second-order valence-electron chi connectivity index (χ2n) is 4.49. The quantitative estimate of drug-likeness (QED) is 0.694. The molecule has 1 saturated heterocycles. The average molecular weight is 203 g/mol. The summed E-state index contributed by atoms with van der Waals surface area (Å²) in [5.74, 6) is 0.126. The monoisotopic (exact) mass is 203 g/mol. The molecule has 0 bridgehead atoms. The van der Waals surface area contributed by atoms with Gasteiger partial charge in [-0.05, 0) is 26.2 Å². The Labute approximate surface area is 85.5 Å². The molecule has 0 amide bonds. The van der Waals surface area contributed by atoms with Gasteiger partial charge in [-0.1, -0.05) is 6.92 Å². The van der Waals surface area contributed by atoms with Gasteiger partial charge in [0.1, 0.15) is 12.0 Å². The van der Waals surface area contributed by atoms with Crippen molar-refractivity contribution in [1.82, 2.24) is 4.90 Å². The van der Waals surface area contributed by atoms with Crippen molar-refractivity contribution in [2.24, 2.45) is 5.92 Å². The molecule has 4 heteroatoms. The number of hydrogen-bond donors (Lipinski definition) is 2. The Morgan fingerprint density at radius 3 is 2.57 bits per heavy atom. The molecule has 0 aromatic heterocycles. The Kier molecular flexibility index (Phi) is 3.89. The molecule has 2 unspecified atom stereocenters. The molecule has 0 aromatic rings. The third-order valence-corrected chi connectivity index (χ3v) is 2.76. The maximum absolute atomic E-state index is 9.92. The summed E-state index contributed by atoms with van der Waals surface area (Å²) in [7, 11) is 0. The normalized spacial score (nSPS) is 26.4. The van der Waals surface area contributed by atoms with Crippen LogP contribution in [0.2, 0.25) is 0 Å². The van der Waals surface area contributed by atoms with Crippen LogP contribution in [0.1, 0.15) is 27.2 Å². The molecule has 0 saturated carbocycles. The van der Waals surface area contributed by atoms with Gasteiger partial charge < -0.3 is 14.9 Å². The average Bonchev–Trinajstić information content (AvgIpc) is 2.45. The summed E-state index contributed by atoms with van der Waals surface area (Å²) in [6, 6.07) is 0. The summed E-state index contributed by atoms with van der Waals surface area (Å²) in [6.07, 6.45) is 0.0678. The highest BCUT2D eigenvalue weighted by Gasteiger charge is 2.37. The van der Waals surface area contributed by atoms with Crippen molar-refractivity contribution in [3.8, 4) is 0 Å². The van der Waals surface area contributed by atoms with E-state index in [4.69, 9.17) is 9.84 Å². The van der Waals surface area contributed by atoms with Crippen molar-refractivity contribution in [2.75, 3.05) is 19.8 Å². The number of aliphatic hydroxyl groups excluding tert-OH is 2. The zero-order chi connectivity index (χ0) is 10.8. The fraction of sp³-hybridized carbons (Fsp3) is 1.00. The molecule has 1 aliphatic rings. The molecule has 0 spiro atoms. The number of hydrogen-bond acceptors (Lipinski definition) is 4. The standard InChI is InChI=1S/C10H21NO3/c1-8(7-12)6-9(13)11-4-5-14-10(11,2)3/h8-9,12-13H,4-7H2,1-3H3. The van der Waals surface area contributed by atoms with Crippen LogP contribution in [-0.4, -0.2) is 46.8 Å². The van der Waals surface area contributed by atoms with E-state index in [1.165, 1.54) is 0 Å². The van der Waals surface area contributed by atoms with Crippen molar-refractivity contribution < 1.29 is 14.9 Å². The molecule has 0 aliphatic carbocycles. The minimum absolute atomic E-state index is 0.117. The minimum atomic E-state index is -0.519. The van der Waals surface area contributed by atoms with E-state index in [0.717, 1.165) is 6.54 Å². The first-order valence-corrected chi connectivity index (χ1v) is 5.17. The first-order valence-electron chi connectivity index (χ1n) is 5.17. The molecule has 4 nitrogen and oxygen atoms in total. The fourth-order valence-electron chi connectivity index (χ4n) is 1.82. The van der Waals surface area contributed by atoms with E-state index in [-0.39, 0.29) is 18.2 Å². The molecule has 2 atom stereocenters. The van der Waals surface area contributed by atoms with Crippen LogP contribution in [0.15, 0.2) is 0 Å². The van der Waals surface area contributed by atoms with Crippen molar-refractivity contribution in [1.29, 1.82) is 0 Å². The van der Waals surface area contributed by atoms with Crippen LogP contribution in [-0.2, 0) is 4.74 Å². The third kappa shape index (κ3) is 2.67. The van der Waals surface area contributed by atoms with E-state index in [1.807, 2.05) is 25.7 Å². The van der Waals surface area contributed by atoms with Crippen molar-refractivity contribution in [3.05, 3.63) is 0 Å². The van der Waals surface area contributed by atoms with Crippen LogP contribution in [0.5, 0.6) is 0 Å². The van der Waals surface area contributed by atoms with Crippen molar-refractivity contribution in [3.63, 3.8) is 0 Å². The highest BCUT2D eigenvalue weighted by Crippen LogP contribution is 2.26. The molecular formula is C10H21NO3. The number of ether oxygens (including phenoxy) is 1. The first-order chi connectivity index (χ1) is 6.47. The van der Waals surface area contributed by atoms with Crippen LogP contribution in [0.3, 0.4) is 0 Å². The van der Waals surface area contributed by atoms with Gasteiger partial charge in [-0.15, -0.1) is 0 Å². The topological polar surface area (TPSA) is 52.9 Å². The number of aliphatic hydroxyl groups is 2. The lowest BCUT2D eigenvalue weighted by molar-refractivity contribution is -0.127. The van der Waals surface area contributed by atoms with Gasteiger partial charge in [-0.3, -0.25) is 0 Å². The van der Waals surface area contributed by atoms with E-state index in [1.54, 1.807) is 0 Å². The molecule has 0 radical (unpaired) electrons. The summed E-state index contributed by atoms with van der Waals surface area (Å²) >= 11 is 0. The van der Waals surface area contributed by atoms with Crippen LogP contribution >= 0.6 is 0 Å². The van der Waals surface area contributed by atoms with Crippen LogP contribution in [0.25, 0.3) is 0 Å². The number of nitrogens with zero attached hydrogens (tertiary/aromatic N) is 1. The summed E-state index contributed by atoms with van der Waals surface area (Å²) in [5, 5.41) is 18.8. The second-order valence-corrected chi connectivity index (χ2v) is 4.49. The van der Waals surface area contributed by atoms with Crippen LogP contribution in [0.4, 0.5) is 0 Å². The maximum atomic E-state index is 9.92. The van der Waals surface area contributed by atoms with E-state index < -0.39 is 6.23 Å². The lowest BCUT2D eigenvalue weighted by atomic mass is 10.1. The van der Waals surface area contributed by atoms with E-state index >= 15 is 0 Å². The van der Waals surface area contributed by atoms with Crippen molar-refractivity contribution in [2.45, 2.75) is 39.1 Å². The second kappa shape index (κ2) is 4.57. The lowest BCUT2D eigenvalue weighted by Crippen LogP contribution is -2.46. The highest BCUT2D eigenvalue weighted by atomic mass is 16.5. The molecule has 0 aromatic carbocycles. The Balaban J connectivity index is 2.47. The third-order valence-electron chi connectivity index (χ3n) is 2.76. The number of rotatable bonds is 4. The predicted octanol–water partition coefficient (Wildman–Crippen LogP) is 0.392. The van der Waals surface area contributed by atoms with Crippen LogP contribution in [0, 0.1) is 5.92 Å². The van der Waals surface area contributed by atoms with Gasteiger partial charge in [0.05, 0.1) is 6.61 Å². The lowest BCUT2D eigenvalue weighted by Gasteiger charge is -2.34. The molecule has 1 heterocycles. The molecule has 1 aliphatic heterocycles. The zero-order valence-corrected chi connectivity index (χ0v) is 9.23. The molecule has 1 rings (SSSR count). The van der Waals surface area contributed by atoms with Gasteiger partial charge in [-0.25, -0.2) is 4.90 Å². The van der Waals surface area contributed by atoms with E-state index in [9.17, 15) is 5.11 Å². The van der Waals surface area contributed by atoms with Gasteiger partial charge in [0.25, 0.3) is 0 Å².